The highest BCUT2D eigenvalue weighted by molar-refractivity contribution is 7.88. The van der Waals surface area contributed by atoms with Gasteiger partial charge in [0.25, 0.3) is 0 Å². The van der Waals surface area contributed by atoms with Crippen molar-refractivity contribution in [3.05, 3.63) is 35.9 Å². The summed E-state index contributed by atoms with van der Waals surface area (Å²) in [4.78, 5) is 14.2. The van der Waals surface area contributed by atoms with Crippen LogP contribution in [0.2, 0.25) is 0 Å². The number of hydrogen-bond donors (Lipinski definition) is 1. The lowest BCUT2D eigenvalue weighted by atomic mass is 10.2. The molecule has 0 saturated carbocycles. The molecule has 0 atom stereocenters. The number of morpholine rings is 1. The summed E-state index contributed by atoms with van der Waals surface area (Å²) in [5.74, 6) is -0.130. The summed E-state index contributed by atoms with van der Waals surface area (Å²) in [7, 11) is -3.37. The number of sulfonamides is 1. The molecule has 0 spiro atoms. The predicted octanol–water partition coefficient (Wildman–Crippen LogP) is 0.287. The fraction of sp³-hybridized carbons (Fsp3) is 0.588. The van der Waals surface area contributed by atoms with Crippen LogP contribution in [0.25, 0.3) is 0 Å². The maximum absolute atomic E-state index is 12.0. The molecule has 0 radical (unpaired) electrons. The minimum Gasteiger partial charge on any atom is -0.379 e. The van der Waals surface area contributed by atoms with E-state index in [1.54, 1.807) is 0 Å². The third-order valence-corrected chi connectivity index (χ3v) is 5.36. The summed E-state index contributed by atoms with van der Waals surface area (Å²) in [6, 6.07) is 9.37. The van der Waals surface area contributed by atoms with E-state index in [1.165, 1.54) is 10.6 Å². The lowest BCUT2D eigenvalue weighted by Crippen LogP contribution is -2.42. The molecular weight excluding hydrogens is 342 g/mol. The van der Waals surface area contributed by atoms with Crippen LogP contribution >= 0.6 is 0 Å². The number of ether oxygens (including phenoxy) is 1. The lowest BCUT2D eigenvalue weighted by Gasteiger charge is -2.26. The zero-order chi connectivity index (χ0) is 18.1. The van der Waals surface area contributed by atoms with Gasteiger partial charge in [-0.2, -0.15) is 4.31 Å². The van der Waals surface area contributed by atoms with Crippen molar-refractivity contribution in [1.29, 1.82) is 0 Å². The molecule has 0 unspecified atom stereocenters. The van der Waals surface area contributed by atoms with Crippen molar-refractivity contribution in [1.82, 2.24) is 14.5 Å². The smallest absolute Gasteiger partial charge is 0.221 e. The van der Waals surface area contributed by atoms with E-state index in [0.29, 0.717) is 6.54 Å². The highest BCUT2D eigenvalue weighted by atomic mass is 32.2. The first-order chi connectivity index (χ1) is 11.9. The second-order valence-electron chi connectivity index (χ2n) is 6.14. The summed E-state index contributed by atoms with van der Waals surface area (Å²) in [6.45, 7) is 5.04. The molecule has 0 aliphatic carbocycles. The molecule has 1 heterocycles. The standard InChI is InChI=1S/C17H27N3O4S/c1-25(22,23)20(15-16-5-3-2-4-6-16)9-7-17(21)18-8-10-19-11-13-24-14-12-19/h2-6H,7-15H2,1H3,(H,18,21). The van der Waals surface area contributed by atoms with Crippen LogP contribution in [-0.2, 0) is 26.1 Å². The Morgan fingerprint density at radius 1 is 1.24 bits per heavy atom. The van der Waals surface area contributed by atoms with Gasteiger partial charge in [0.15, 0.2) is 0 Å². The molecule has 1 aliphatic heterocycles. The SMILES string of the molecule is CS(=O)(=O)N(CCC(=O)NCCN1CCOCC1)Cc1ccccc1. The number of benzene rings is 1. The van der Waals surface area contributed by atoms with E-state index in [2.05, 4.69) is 10.2 Å². The van der Waals surface area contributed by atoms with Crippen molar-refractivity contribution in [2.24, 2.45) is 0 Å². The average Bonchev–Trinajstić information content (AvgIpc) is 2.59. The largest absolute Gasteiger partial charge is 0.379 e. The topological polar surface area (TPSA) is 79.0 Å². The number of rotatable bonds is 9. The van der Waals surface area contributed by atoms with E-state index >= 15 is 0 Å². The molecular formula is C17H27N3O4S. The van der Waals surface area contributed by atoms with Gasteiger partial charge in [-0.15, -0.1) is 0 Å². The van der Waals surface area contributed by atoms with Crippen molar-refractivity contribution in [2.45, 2.75) is 13.0 Å². The number of amides is 1. The van der Waals surface area contributed by atoms with Crippen LogP contribution in [0.4, 0.5) is 0 Å². The van der Waals surface area contributed by atoms with Crippen LogP contribution in [0.15, 0.2) is 30.3 Å². The molecule has 1 aliphatic rings. The van der Waals surface area contributed by atoms with E-state index in [1.807, 2.05) is 30.3 Å². The molecule has 2 rings (SSSR count). The van der Waals surface area contributed by atoms with Gasteiger partial charge >= 0.3 is 0 Å². The molecule has 1 aromatic carbocycles. The fourth-order valence-corrected chi connectivity index (χ4v) is 3.45. The van der Waals surface area contributed by atoms with Gasteiger partial charge in [-0.3, -0.25) is 9.69 Å². The molecule has 7 nitrogen and oxygen atoms in total. The molecule has 0 bridgehead atoms. The van der Waals surface area contributed by atoms with Gasteiger partial charge < -0.3 is 10.1 Å². The van der Waals surface area contributed by atoms with Crippen LogP contribution in [0.3, 0.4) is 0 Å². The lowest BCUT2D eigenvalue weighted by molar-refractivity contribution is -0.121. The third-order valence-electron chi connectivity index (χ3n) is 4.11. The zero-order valence-corrected chi connectivity index (χ0v) is 15.5. The van der Waals surface area contributed by atoms with E-state index < -0.39 is 10.0 Å². The molecule has 140 valence electrons. The van der Waals surface area contributed by atoms with Crippen molar-refractivity contribution >= 4 is 15.9 Å². The summed E-state index contributed by atoms with van der Waals surface area (Å²) >= 11 is 0. The molecule has 1 N–H and O–H groups in total. The first-order valence-corrected chi connectivity index (χ1v) is 10.4. The minimum absolute atomic E-state index is 0.130. The van der Waals surface area contributed by atoms with Gasteiger partial charge in [0.2, 0.25) is 15.9 Å². The van der Waals surface area contributed by atoms with Crippen molar-refractivity contribution in [3.63, 3.8) is 0 Å². The third kappa shape index (κ3) is 7.52. The van der Waals surface area contributed by atoms with E-state index in [0.717, 1.165) is 38.4 Å². The Kier molecular flexibility index (Phi) is 7.83. The van der Waals surface area contributed by atoms with Gasteiger partial charge in [0.1, 0.15) is 0 Å². The predicted molar refractivity (Wildman–Crippen MR) is 96.6 cm³/mol. The maximum Gasteiger partial charge on any atom is 0.221 e. The molecule has 1 amide bonds. The number of hydrogen-bond acceptors (Lipinski definition) is 5. The number of carbonyl (C=O) groups excluding carboxylic acids is 1. The number of nitrogens with one attached hydrogen (secondary N) is 1. The molecule has 1 aromatic rings. The van der Waals surface area contributed by atoms with Gasteiger partial charge in [-0.05, 0) is 5.56 Å². The monoisotopic (exact) mass is 369 g/mol. The maximum atomic E-state index is 12.0. The molecule has 8 heteroatoms. The molecule has 1 fully saturated rings. The summed E-state index contributed by atoms with van der Waals surface area (Å²) in [5.41, 5.74) is 0.903. The highest BCUT2D eigenvalue weighted by Crippen LogP contribution is 2.09. The Morgan fingerprint density at radius 2 is 1.92 bits per heavy atom. The molecule has 0 aromatic heterocycles. The van der Waals surface area contributed by atoms with Crippen molar-refractivity contribution in [3.8, 4) is 0 Å². The van der Waals surface area contributed by atoms with E-state index in [-0.39, 0.29) is 25.4 Å². The fourth-order valence-electron chi connectivity index (χ4n) is 2.64. The number of carbonyl (C=O) groups is 1. The Morgan fingerprint density at radius 3 is 2.56 bits per heavy atom. The van der Waals surface area contributed by atoms with Crippen LogP contribution in [-0.4, -0.2) is 75.7 Å². The Labute approximate surface area is 150 Å². The summed E-state index contributed by atoms with van der Waals surface area (Å²) in [6.07, 6.45) is 1.33. The Bertz CT molecular complexity index is 631. The van der Waals surface area contributed by atoms with E-state index in [9.17, 15) is 13.2 Å². The zero-order valence-electron chi connectivity index (χ0n) is 14.7. The van der Waals surface area contributed by atoms with Gasteiger partial charge in [0.05, 0.1) is 19.5 Å². The highest BCUT2D eigenvalue weighted by Gasteiger charge is 2.18. The second kappa shape index (κ2) is 9.86. The van der Waals surface area contributed by atoms with Gasteiger partial charge in [-0.25, -0.2) is 8.42 Å². The normalized spacial score (nSPS) is 16.1. The van der Waals surface area contributed by atoms with Crippen LogP contribution < -0.4 is 5.32 Å². The second-order valence-corrected chi connectivity index (χ2v) is 8.12. The van der Waals surface area contributed by atoms with Crippen molar-refractivity contribution in [2.75, 3.05) is 52.2 Å². The average molecular weight is 369 g/mol. The Hall–Kier alpha value is -1.48. The van der Waals surface area contributed by atoms with Gasteiger partial charge in [0, 0.05) is 45.7 Å². The van der Waals surface area contributed by atoms with Gasteiger partial charge in [-0.1, -0.05) is 30.3 Å². The molecule has 25 heavy (non-hydrogen) atoms. The first-order valence-electron chi connectivity index (χ1n) is 8.51. The minimum atomic E-state index is -3.37. The van der Waals surface area contributed by atoms with E-state index in [4.69, 9.17) is 4.74 Å². The molecule has 1 saturated heterocycles. The number of nitrogens with zero attached hydrogens (tertiary/aromatic N) is 2. The van der Waals surface area contributed by atoms with Crippen LogP contribution in [0, 0.1) is 0 Å². The summed E-state index contributed by atoms with van der Waals surface area (Å²) in [5, 5.41) is 2.86. The van der Waals surface area contributed by atoms with Crippen LogP contribution in [0.1, 0.15) is 12.0 Å². The van der Waals surface area contributed by atoms with Crippen LogP contribution in [0.5, 0.6) is 0 Å². The quantitative estimate of drug-likeness (QED) is 0.677. The first kappa shape index (κ1) is 19.8. The summed E-state index contributed by atoms with van der Waals surface area (Å²) < 4.78 is 30.5. The van der Waals surface area contributed by atoms with Crippen molar-refractivity contribution < 1.29 is 17.9 Å². The Balaban J connectivity index is 1.74.